The molecule has 1 aromatic carbocycles. The first-order chi connectivity index (χ1) is 11.4. The van der Waals surface area contributed by atoms with Crippen molar-refractivity contribution in [1.82, 2.24) is 5.32 Å². The van der Waals surface area contributed by atoms with Crippen LogP contribution in [0, 0.1) is 10.4 Å². The smallest absolute Gasteiger partial charge is 0.109 e. The lowest BCUT2D eigenvalue weighted by Crippen LogP contribution is -2.26. The van der Waals surface area contributed by atoms with Crippen LogP contribution in [0.1, 0.15) is 25.8 Å². The number of nitrogens with one attached hydrogen (secondary N) is 1. The minimum absolute atomic E-state index is 0.632. The number of aliphatic hydroxyl groups is 1. The molecule has 0 saturated carbocycles. The Morgan fingerprint density at radius 2 is 1.71 bits per heavy atom. The Labute approximate surface area is 157 Å². The van der Waals surface area contributed by atoms with Gasteiger partial charge in [-0.05, 0) is 54.6 Å². The summed E-state index contributed by atoms with van der Waals surface area (Å²) in [5, 5.41) is 17.5. The van der Waals surface area contributed by atoms with Crippen LogP contribution in [0.15, 0.2) is 42.5 Å². The molecule has 1 atom stereocenters. The second-order valence-electron chi connectivity index (χ2n) is 5.88. The van der Waals surface area contributed by atoms with Gasteiger partial charge in [0.2, 0.25) is 0 Å². The molecular formula is C19H23Cl2NOS. The van der Waals surface area contributed by atoms with Crippen molar-refractivity contribution in [2.45, 2.75) is 31.0 Å². The van der Waals surface area contributed by atoms with Crippen molar-refractivity contribution in [2.24, 2.45) is 0 Å². The van der Waals surface area contributed by atoms with E-state index in [4.69, 9.17) is 23.2 Å². The van der Waals surface area contributed by atoms with Crippen LogP contribution in [0.4, 0.5) is 0 Å². The molecule has 0 aliphatic heterocycles. The van der Waals surface area contributed by atoms with Gasteiger partial charge in [-0.15, -0.1) is 11.8 Å². The van der Waals surface area contributed by atoms with Gasteiger partial charge in [0.15, 0.2) is 0 Å². The summed E-state index contributed by atoms with van der Waals surface area (Å²) in [5.41, 5.74) is 0.995. The normalized spacial score (nSPS) is 13.7. The molecule has 130 valence electrons. The maximum absolute atomic E-state index is 10.2. The highest BCUT2D eigenvalue weighted by Crippen LogP contribution is 2.32. The van der Waals surface area contributed by atoms with Gasteiger partial charge in [0.1, 0.15) is 4.93 Å². The van der Waals surface area contributed by atoms with Crippen molar-refractivity contribution in [3.63, 3.8) is 0 Å². The van der Waals surface area contributed by atoms with Crippen LogP contribution in [-0.4, -0.2) is 23.1 Å². The molecule has 0 bridgehead atoms. The van der Waals surface area contributed by atoms with E-state index in [9.17, 15) is 5.11 Å². The highest BCUT2D eigenvalue weighted by molar-refractivity contribution is 7.99. The molecule has 0 aromatic heterocycles. The summed E-state index contributed by atoms with van der Waals surface area (Å²) in [4.78, 5) is -0.745. The van der Waals surface area contributed by atoms with Gasteiger partial charge < -0.3 is 10.4 Å². The molecule has 0 saturated heterocycles. The topological polar surface area (TPSA) is 32.3 Å². The lowest BCUT2D eigenvalue weighted by molar-refractivity contribution is 0.147. The molecule has 1 unspecified atom stereocenters. The molecule has 0 spiro atoms. The zero-order chi connectivity index (χ0) is 17.6. The van der Waals surface area contributed by atoms with E-state index in [1.807, 2.05) is 19.1 Å². The predicted octanol–water partition coefficient (Wildman–Crippen LogP) is 5.22. The third-order valence-electron chi connectivity index (χ3n) is 3.79. The number of halogens is 2. The van der Waals surface area contributed by atoms with Crippen LogP contribution >= 0.6 is 35.0 Å². The van der Waals surface area contributed by atoms with Crippen molar-refractivity contribution in [3.05, 3.63) is 68.5 Å². The quantitative estimate of drug-likeness (QED) is 0.433. The molecule has 2 aliphatic rings. The van der Waals surface area contributed by atoms with Gasteiger partial charge in [0, 0.05) is 15.8 Å². The highest BCUT2D eigenvalue weighted by Gasteiger charge is 2.20. The van der Waals surface area contributed by atoms with Gasteiger partial charge in [-0.1, -0.05) is 60.5 Å². The number of rotatable bonds is 7. The molecule has 3 rings (SSSR count). The van der Waals surface area contributed by atoms with Crippen molar-refractivity contribution in [1.29, 1.82) is 0 Å². The van der Waals surface area contributed by atoms with Crippen LogP contribution < -0.4 is 5.32 Å². The van der Waals surface area contributed by atoms with Crippen molar-refractivity contribution in [2.75, 3.05) is 13.1 Å². The fourth-order valence-corrected chi connectivity index (χ4v) is 3.62. The van der Waals surface area contributed by atoms with Crippen molar-refractivity contribution >= 4 is 35.0 Å². The van der Waals surface area contributed by atoms with E-state index in [1.165, 1.54) is 22.2 Å². The molecule has 1 aromatic rings. The lowest BCUT2D eigenvalue weighted by atomic mass is 10.1. The van der Waals surface area contributed by atoms with Gasteiger partial charge in [0.05, 0.1) is 0 Å². The number of benzene rings is 2. The first-order valence-corrected chi connectivity index (χ1v) is 9.77. The van der Waals surface area contributed by atoms with Crippen LogP contribution in [0.3, 0.4) is 0 Å². The first-order valence-electron chi connectivity index (χ1n) is 8.03. The predicted molar refractivity (Wildman–Crippen MR) is 106 cm³/mol. The van der Waals surface area contributed by atoms with Gasteiger partial charge >= 0.3 is 0 Å². The highest BCUT2D eigenvalue weighted by atomic mass is 35.5. The average molecular weight is 384 g/mol. The van der Waals surface area contributed by atoms with Crippen LogP contribution in [0.2, 0.25) is 10.0 Å². The van der Waals surface area contributed by atoms with Crippen LogP contribution in [-0.2, 0) is 5.75 Å². The van der Waals surface area contributed by atoms with E-state index in [0.717, 1.165) is 18.7 Å². The summed E-state index contributed by atoms with van der Waals surface area (Å²) in [7, 11) is 0. The molecule has 24 heavy (non-hydrogen) atoms. The third kappa shape index (κ3) is 5.98. The maximum Gasteiger partial charge on any atom is 0.109 e. The Bertz CT molecular complexity index is 714. The Kier molecular flexibility index (Phi) is 7.45. The van der Waals surface area contributed by atoms with Gasteiger partial charge in [-0.3, -0.25) is 0 Å². The molecule has 0 radical (unpaired) electrons. The number of thioether (sulfide) groups is 1. The monoisotopic (exact) mass is 383 g/mol. The fourth-order valence-electron chi connectivity index (χ4n) is 2.10. The number of hydrogen-bond donors (Lipinski definition) is 2. The van der Waals surface area contributed by atoms with E-state index in [2.05, 4.69) is 36.5 Å². The van der Waals surface area contributed by atoms with E-state index >= 15 is 0 Å². The Morgan fingerprint density at radius 3 is 2.17 bits per heavy atom. The molecule has 0 fully saturated rings. The molecule has 0 heterocycles. The zero-order valence-electron chi connectivity index (χ0n) is 14.0. The Morgan fingerprint density at radius 1 is 1.08 bits per heavy atom. The largest absolute Gasteiger partial charge is 0.380 e. The van der Waals surface area contributed by atoms with E-state index in [1.54, 1.807) is 6.07 Å². The summed E-state index contributed by atoms with van der Waals surface area (Å²) in [6.07, 6.45) is 0.705. The van der Waals surface area contributed by atoms with Crippen LogP contribution in [0.5, 0.6) is 0 Å². The van der Waals surface area contributed by atoms with E-state index in [-0.39, 0.29) is 0 Å². The van der Waals surface area contributed by atoms with Gasteiger partial charge in [-0.25, -0.2) is 0 Å². The third-order valence-corrected chi connectivity index (χ3v) is 5.66. The van der Waals surface area contributed by atoms with Gasteiger partial charge in [0.25, 0.3) is 0 Å². The average Bonchev–Trinajstić information content (AvgIpc) is 2.51. The Hall–Kier alpha value is -0.710. The number of hydrogen-bond acceptors (Lipinski definition) is 3. The minimum atomic E-state index is -0.745. The fraction of sp³-hybridized carbons (Fsp3) is 0.368. The summed E-state index contributed by atoms with van der Waals surface area (Å²) in [5.74, 6) is 0.676. The maximum atomic E-state index is 10.2. The zero-order valence-corrected chi connectivity index (χ0v) is 16.3. The van der Waals surface area contributed by atoms with Crippen molar-refractivity contribution in [3.8, 4) is 0 Å². The van der Waals surface area contributed by atoms with Crippen molar-refractivity contribution < 1.29 is 5.11 Å². The molecule has 5 heteroatoms. The molecule has 2 aliphatic carbocycles. The molecule has 2 N–H and O–H groups in total. The molecule has 0 amide bonds. The lowest BCUT2D eigenvalue weighted by Gasteiger charge is -2.23. The summed E-state index contributed by atoms with van der Waals surface area (Å²) < 4.78 is 0. The summed E-state index contributed by atoms with van der Waals surface area (Å²) in [6.45, 7) is 5.61. The minimum Gasteiger partial charge on any atom is -0.380 e. The van der Waals surface area contributed by atoms with Gasteiger partial charge in [-0.2, -0.15) is 0 Å². The summed E-state index contributed by atoms with van der Waals surface area (Å²) in [6, 6.07) is 13.9. The Balaban J connectivity index is 0.000000282. The SMILES string of the molecule is CCNCCC(C)(O)SCc1ccc(Cl)cc1Cl.c1cc2ccc1=2. The second kappa shape index (κ2) is 9.12. The molecular weight excluding hydrogens is 361 g/mol. The second-order valence-corrected chi connectivity index (χ2v) is 8.18. The standard InChI is InChI=1S/C13H19Cl2NOS.C6H4/c1-3-16-7-6-13(2,17)18-9-10-4-5-11(14)8-12(10)15;1-2-6-4-3-5(1)6/h4-5,8,16-17H,3,6-7,9H2,1-2H3;1-4H. The molecule has 2 nitrogen and oxygen atoms in total. The summed E-state index contributed by atoms with van der Waals surface area (Å²) >= 11 is 13.4. The van der Waals surface area contributed by atoms with E-state index in [0.29, 0.717) is 22.2 Å². The van der Waals surface area contributed by atoms with Crippen LogP contribution in [0.25, 0.3) is 0 Å². The van der Waals surface area contributed by atoms with E-state index < -0.39 is 4.93 Å². The first kappa shape index (κ1) is 19.6.